The summed E-state index contributed by atoms with van der Waals surface area (Å²) in [4.78, 5) is 19.0. The van der Waals surface area contributed by atoms with Crippen LogP contribution in [0.5, 0.6) is 0 Å². The maximum Gasteiger partial charge on any atom is 0.263 e. The molecule has 0 aliphatic carbocycles. The highest BCUT2D eigenvalue weighted by atomic mass is 35.5. The number of aromatic nitrogens is 2. The van der Waals surface area contributed by atoms with Crippen LogP contribution >= 0.6 is 23.2 Å². The number of amides is 1. The van der Waals surface area contributed by atoms with Crippen molar-refractivity contribution in [2.45, 2.75) is 11.8 Å². The van der Waals surface area contributed by atoms with Crippen molar-refractivity contribution in [2.75, 3.05) is 10.0 Å². The van der Waals surface area contributed by atoms with Gasteiger partial charge in [0.15, 0.2) is 5.82 Å². The number of hydrogen-bond donors (Lipinski definition) is 2. The van der Waals surface area contributed by atoms with Gasteiger partial charge in [-0.15, -0.1) is 0 Å². The predicted octanol–water partition coefficient (Wildman–Crippen LogP) is 5.64. The van der Waals surface area contributed by atoms with E-state index in [1.807, 2.05) is 0 Å². The third kappa shape index (κ3) is 4.79. The molecule has 1 aromatic heterocycles. The second kappa shape index (κ2) is 9.13. The van der Waals surface area contributed by atoms with Crippen molar-refractivity contribution in [3.63, 3.8) is 0 Å². The Morgan fingerprint density at radius 1 is 1.03 bits per heavy atom. The molecule has 0 unspecified atom stereocenters. The van der Waals surface area contributed by atoms with Crippen molar-refractivity contribution in [2.24, 2.45) is 0 Å². The van der Waals surface area contributed by atoms with Gasteiger partial charge in [0.2, 0.25) is 11.9 Å². The molecule has 12 heteroatoms. The number of nitrogens with zero attached hydrogens (tertiary/aromatic N) is 2. The quantitative estimate of drug-likeness (QED) is 0.353. The summed E-state index contributed by atoms with van der Waals surface area (Å²) >= 11 is 11.8. The van der Waals surface area contributed by atoms with Crippen LogP contribution in [0.15, 0.2) is 59.6 Å². The van der Waals surface area contributed by atoms with Gasteiger partial charge in [-0.05, 0) is 48.0 Å². The smallest absolute Gasteiger partial charge is 0.263 e. The number of carbonyl (C=O) groups is 1. The van der Waals surface area contributed by atoms with Gasteiger partial charge in [-0.25, -0.2) is 27.2 Å². The van der Waals surface area contributed by atoms with Crippen molar-refractivity contribution in [1.82, 2.24) is 9.97 Å². The maximum absolute atomic E-state index is 15.3. The van der Waals surface area contributed by atoms with Gasteiger partial charge in [0, 0.05) is 23.5 Å². The molecule has 0 aliphatic rings. The van der Waals surface area contributed by atoms with E-state index in [4.69, 9.17) is 23.2 Å². The van der Waals surface area contributed by atoms with Crippen LogP contribution in [0.25, 0.3) is 22.0 Å². The van der Waals surface area contributed by atoms with Crippen LogP contribution in [0, 0.1) is 11.6 Å². The molecule has 1 heterocycles. The molecule has 4 aromatic rings. The zero-order valence-electron chi connectivity index (χ0n) is 17.2. The highest BCUT2D eigenvalue weighted by Crippen LogP contribution is 2.34. The third-order valence-electron chi connectivity index (χ3n) is 4.67. The number of halogens is 4. The van der Waals surface area contributed by atoms with E-state index in [-0.39, 0.29) is 32.4 Å². The number of sulfonamides is 1. The molecule has 0 fully saturated rings. The zero-order valence-corrected chi connectivity index (χ0v) is 19.6. The van der Waals surface area contributed by atoms with Crippen molar-refractivity contribution in [3.05, 3.63) is 76.4 Å². The Labute approximate surface area is 202 Å². The second-order valence-corrected chi connectivity index (χ2v) is 9.61. The van der Waals surface area contributed by atoms with Gasteiger partial charge in [0.25, 0.3) is 10.0 Å². The van der Waals surface area contributed by atoms with Crippen LogP contribution in [-0.2, 0) is 14.8 Å². The van der Waals surface area contributed by atoms with Crippen LogP contribution in [-0.4, -0.2) is 24.3 Å². The van der Waals surface area contributed by atoms with E-state index in [0.29, 0.717) is 10.9 Å². The van der Waals surface area contributed by atoms with Crippen molar-refractivity contribution < 1.29 is 22.0 Å². The Bertz CT molecular complexity index is 1570. The van der Waals surface area contributed by atoms with Gasteiger partial charge in [0.05, 0.1) is 21.8 Å². The van der Waals surface area contributed by atoms with Gasteiger partial charge in [-0.2, -0.15) is 0 Å². The lowest BCUT2D eigenvalue weighted by Crippen LogP contribution is -2.15. The summed E-state index contributed by atoms with van der Waals surface area (Å²) in [5.41, 5.74) is -0.383. The Morgan fingerprint density at radius 2 is 1.79 bits per heavy atom. The molecule has 34 heavy (non-hydrogen) atoms. The molecule has 1 amide bonds. The molecular weight excluding hydrogens is 509 g/mol. The summed E-state index contributed by atoms with van der Waals surface area (Å²) in [6.07, 6.45) is 1.39. The molecule has 7 nitrogen and oxygen atoms in total. The molecule has 0 radical (unpaired) electrons. The average molecular weight is 523 g/mol. The average Bonchev–Trinajstić information content (AvgIpc) is 2.77. The summed E-state index contributed by atoms with van der Waals surface area (Å²) in [6.45, 7) is 1.31. The summed E-state index contributed by atoms with van der Waals surface area (Å²) in [6, 6.07) is 10.1. The third-order valence-corrected chi connectivity index (χ3v) is 6.76. The van der Waals surface area contributed by atoms with E-state index in [2.05, 4.69) is 20.0 Å². The first-order valence-electron chi connectivity index (χ1n) is 9.56. The first-order valence-corrected chi connectivity index (χ1v) is 11.8. The minimum Gasteiger partial charge on any atom is -0.295 e. The minimum absolute atomic E-state index is 0.0844. The fourth-order valence-corrected chi connectivity index (χ4v) is 5.01. The van der Waals surface area contributed by atoms with E-state index in [0.717, 1.165) is 18.2 Å². The Balaban J connectivity index is 1.75. The molecule has 174 valence electrons. The number of carbonyl (C=O) groups excluding carboxylic acids is 1. The van der Waals surface area contributed by atoms with Crippen LogP contribution in [0.1, 0.15) is 6.92 Å². The van der Waals surface area contributed by atoms with Gasteiger partial charge in [-0.1, -0.05) is 29.3 Å². The predicted molar refractivity (Wildman–Crippen MR) is 126 cm³/mol. The van der Waals surface area contributed by atoms with Gasteiger partial charge in [-0.3, -0.25) is 14.8 Å². The molecule has 4 rings (SSSR count). The highest BCUT2D eigenvalue weighted by molar-refractivity contribution is 7.92. The topological polar surface area (TPSA) is 101 Å². The van der Waals surface area contributed by atoms with Crippen molar-refractivity contribution >= 4 is 61.7 Å². The first-order chi connectivity index (χ1) is 16.0. The SMILES string of the molecule is CC(=O)Nc1ncc2cc(-c3c(F)ccc(NS(=O)(=O)c4cc(Cl)ccc4Cl)c3F)ccc2n1. The van der Waals surface area contributed by atoms with Gasteiger partial charge >= 0.3 is 0 Å². The van der Waals surface area contributed by atoms with E-state index in [9.17, 15) is 17.6 Å². The Morgan fingerprint density at radius 3 is 2.53 bits per heavy atom. The molecular formula is C22H14Cl2F2N4O3S. The second-order valence-electron chi connectivity index (χ2n) is 7.11. The fraction of sp³-hybridized carbons (Fsp3) is 0.0455. The Hall–Kier alpha value is -3.34. The monoisotopic (exact) mass is 522 g/mol. The lowest BCUT2D eigenvalue weighted by Gasteiger charge is -2.14. The largest absolute Gasteiger partial charge is 0.295 e. The first kappa shape index (κ1) is 23.8. The summed E-state index contributed by atoms with van der Waals surface area (Å²) in [7, 11) is -4.33. The minimum atomic E-state index is -4.33. The van der Waals surface area contributed by atoms with Crippen LogP contribution in [0.4, 0.5) is 20.4 Å². The number of fused-ring (bicyclic) bond motifs is 1. The van der Waals surface area contributed by atoms with Crippen LogP contribution in [0.3, 0.4) is 0 Å². The van der Waals surface area contributed by atoms with Gasteiger partial charge in [0.1, 0.15) is 10.7 Å². The molecule has 0 saturated heterocycles. The fourth-order valence-electron chi connectivity index (χ4n) is 3.19. The van der Waals surface area contributed by atoms with Crippen molar-refractivity contribution in [3.8, 4) is 11.1 Å². The van der Waals surface area contributed by atoms with Crippen molar-refractivity contribution in [1.29, 1.82) is 0 Å². The molecule has 0 saturated carbocycles. The molecule has 3 aromatic carbocycles. The Kier molecular flexibility index (Phi) is 6.39. The van der Waals surface area contributed by atoms with E-state index in [1.165, 1.54) is 43.5 Å². The molecule has 0 atom stereocenters. The lowest BCUT2D eigenvalue weighted by atomic mass is 10.0. The van der Waals surface area contributed by atoms with E-state index in [1.54, 1.807) is 0 Å². The molecule has 0 spiro atoms. The molecule has 2 N–H and O–H groups in total. The van der Waals surface area contributed by atoms with Gasteiger partial charge < -0.3 is 0 Å². The number of benzene rings is 3. The standard InChI is InChI=1S/C22H14Cl2F2N4O3S/c1-11(31)28-22-27-10-13-8-12(2-6-17(13)29-22)20-16(25)5-7-18(21(20)26)30-34(32,33)19-9-14(23)3-4-15(19)24/h2-10,30H,1H3,(H,27,28,29,31). The summed E-state index contributed by atoms with van der Waals surface area (Å²) < 4.78 is 57.7. The lowest BCUT2D eigenvalue weighted by molar-refractivity contribution is -0.114. The number of rotatable bonds is 5. The molecule has 0 aliphatic heterocycles. The zero-order chi connectivity index (χ0) is 24.6. The normalized spacial score (nSPS) is 11.4. The van der Waals surface area contributed by atoms with Crippen LogP contribution in [0.2, 0.25) is 10.0 Å². The van der Waals surface area contributed by atoms with Crippen LogP contribution < -0.4 is 10.0 Å². The molecule has 0 bridgehead atoms. The highest BCUT2D eigenvalue weighted by Gasteiger charge is 2.23. The number of anilines is 2. The summed E-state index contributed by atoms with van der Waals surface area (Å²) in [5.74, 6) is -2.30. The maximum atomic E-state index is 15.3. The summed E-state index contributed by atoms with van der Waals surface area (Å²) in [5, 5.41) is 2.89. The van der Waals surface area contributed by atoms with E-state index >= 15 is 4.39 Å². The number of nitrogens with one attached hydrogen (secondary N) is 2. The van der Waals surface area contributed by atoms with E-state index < -0.39 is 32.9 Å². The number of hydrogen-bond acceptors (Lipinski definition) is 5.